The van der Waals surface area contributed by atoms with Crippen LogP contribution in [0.3, 0.4) is 0 Å². The predicted molar refractivity (Wildman–Crippen MR) is 263 cm³/mol. The quantitative estimate of drug-likeness (QED) is 0.158. The zero-order chi connectivity index (χ0) is 40.0. The van der Waals surface area contributed by atoms with E-state index < -0.39 is 0 Å². The zero-order valence-electron chi connectivity index (χ0n) is 33.1. The minimum atomic E-state index is 1.11. The van der Waals surface area contributed by atoms with E-state index >= 15 is 0 Å². The monoisotopic (exact) mass is 792 g/mol. The number of hydrogen-bond acceptors (Lipinski definition) is 2. The van der Waals surface area contributed by atoms with Gasteiger partial charge in [-0.2, -0.15) is 0 Å². The van der Waals surface area contributed by atoms with Crippen molar-refractivity contribution >= 4 is 108 Å². The molecule has 0 spiro atoms. The summed E-state index contributed by atoms with van der Waals surface area (Å²) in [4.78, 5) is 3.70. The third kappa shape index (κ3) is 5.21. The van der Waals surface area contributed by atoms with Crippen LogP contribution in [-0.4, -0.2) is 4.40 Å². The molecule has 0 aliphatic rings. The first-order valence-corrected chi connectivity index (χ1v) is 21.7. The predicted octanol–water partition coefficient (Wildman–Crippen LogP) is 16.9. The summed E-state index contributed by atoms with van der Waals surface area (Å²) < 4.78 is 3.76. The number of fused-ring (bicyclic) bond motifs is 13. The van der Waals surface area contributed by atoms with Gasteiger partial charge in [0.1, 0.15) is 4.83 Å². The fourth-order valence-corrected chi connectivity index (χ4v) is 11.2. The maximum Gasteiger partial charge on any atom is 0.109 e. The fraction of sp³-hybridized carbons (Fsp3) is 0. The second-order valence-corrected chi connectivity index (χ2v) is 17.1. The number of hydrogen-bond donors (Lipinski definition) is 0. The molecule has 284 valence electrons. The molecule has 2 heterocycles. The maximum absolute atomic E-state index is 2.47. The van der Waals surface area contributed by atoms with Gasteiger partial charge in [0.25, 0.3) is 0 Å². The van der Waals surface area contributed by atoms with Gasteiger partial charge >= 0.3 is 0 Å². The van der Waals surface area contributed by atoms with Gasteiger partial charge in [0.15, 0.2) is 0 Å². The summed E-state index contributed by atoms with van der Waals surface area (Å²) in [6.07, 6.45) is 0. The molecule has 2 nitrogen and oxygen atoms in total. The number of aromatic nitrogens is 1. The van der Waals surface area contributed by atoms with Gasteiger partial charge in [-0.1, -0.05) is 164 Å². The van der Waals surface area contributed by atoms with E-state index in [-0.39, 0.29) is 0 Å². The van der Waals surface area contributed by atoms with Crippen molar-refractivity contribution in [1.82, 2.24) is 4.40 Å². The molecule has 0 N–H and O–H groups in total. The topological polar surface area (TPSA) is 7.65 Å². The van der Waals surface area contributed by atoms with Crippen molar-refractivity contribution in [2.75, 3.05) is 4.90 Å². The van der Waals surface area contributed by atoms with Crippen LogP contribution in [-0.2, 0) is 0 Å². The normalized spacial score (nSPS) is 11.9. The SMILES string of the molecule is c1ccc2c(N(c3ccc(-c4c5cc(-c6ccc7c8ccccc8c8ccccc8c7c6)ccc5n5c4sc4ccccc45)cc3)c3cccc4ccccc34)cccc2c1. The lowest BCUT2D eigenvalue weighted by molar-refractivity contribution is 1.31. The second kappa shape index (κ2) is 13.4. The van der Waals surface area contributed by atoms with Gasteiger partial charge in [-0.15, -0.1) is 11.3 Å². The summed E-state index contributed by atoms with van der Waals surface area (Å²) >= 11 is 1.87. The minimum Gasteiger partial charge on any atom is -0.309 e. The Morgan fingerprint density at radius 2 is 0.803 bits per heavy atom. The van der Waals surface area contributed by atoms with Crippen LogP contribution in [0.15, 0.2) is 218 Å². The number of nitrogens with zero attached hydrogens (tertiary/aromatic N) is 2. The van der Waals surface area contributed by atoms with Crippen LogP contribution in [0, 0.1) is 0 Å². The Bertz CT molecular complexity index is 3760. The molecular formula is C58H36N2S. The van der Waals surface area contributed by atoms with Crippen LogP contribution < -0.4 is 4.90 Å². The Morgan fingerprint density at radius 3 is 1.44 bits per heavy atom. The highest BCUT2D eigenvalue weighted by Gasteiger charge is 2.22. The highest BCUT2D eigenvalue weighted by atomic mass is 32.1. The second-order valence-electron chi connectivity index (χ2n) is 16.0. The van der Waals surface area contributed by atoms with Gasteiger partial charge in [-0.3, -0.25) is 4.40 Å². The molecular weight excluding hydrogens is 757 g/mol. The molecule has 0 radical (unpaired) electrons. The van der Waals surface area contributed by atoms with E-state index in [0.29, 0.717) is 0 Å². The average Bonchev–Trinajstić information content (AvgIpc) is 3.86. The summed E-state index contributed by atoms with van der Waals surface area (Å²) in [5.74, 6) is 0. The van der Waals surface area contributed by atoms with E-state index in [4.69, 9.17) is 0 Å². The molecule has 0 aliphatic heterocycles. The summed E-state index contributed by atoms with van der Waals surface area (Å²) in [5, 5.41) is 13.9. The molecule has 11 aromatic carbocycles. The van der Waals surface area contributed by atoms with Gasteiger partial charge in [-0.25, -0.2) is 0 Å². The standard InChI is InChI=1S/C58H36N2S/c1-3-17-43-37(13-1)15-11-24-52(43)59(53-25-12-16-38-14-2-4-18-44(38)53)42-31-27-39(28-32-42)57-51-36-41(30-34-54(51)60-55-23-9-10-26-56(55)61-58(57)60)40-29-33-49-47-21-6-5-19-45(47)46-20-7-8-22-48(46)50(49)35-40/h1-36H. The molecule has 0 saturated heterocycles. The van der Waals surface area contributed by atoms with Crippen molar-refractivity contribution in [3.05, 3.63) is 218 Å². The number of para-hydroxylation sites is 1. The van der Waals surface area contributed by atoms with Gasteiger partial charge in [0, 0.05) is 27.4 Å². The average molecular weight is 793 g/mol. The first-order chi connectivity index (χ1) is 30.3. The van der Waals surface area contributed by atoms with Gasteiger partial charge in [0.05, 0.1) is 27.1 Å². The highest BCUT2D eigenvalue weighted by Crippen LogP contribution is 2.47. The molecule has 0 fully saturated rings. The third-order valence-electron chi connectivity index (χ3n) is 12.7. The molecule has 0 atom stereocenters. The van der Waals surface area contributed by atoms with Crippen LogP contribution in [0.2, 0.25) is 0 Å². The van der Waals surface area contributed by atoms with Crippen molar-refractivity contribution < 1.29 is 0 Å². The number of anilines is 3. The third-order valence-corrected chi connectivity index (χ3v) is 13.9. The van der Waals surface area contributed by atoms with Crippen LogP contribution in [0.5, 0.6) is 0 Å². The van der Waals surface area contributed by atoms with E-state index in [1.807, 2.05) is 11.3 Å². The fourth-order valence-electron chi connectivity index (χ4n) is 9.97. The van der Waals surface area contributed by atoms with Crippen molar-refractivity contribution in [3.8, 4) is 22.3 Å². The summed E-state index contributed by atoms with van der Waals surface area (Å²) in [6.45, 7) is 0. The Morgan fingerprint density at radius 1 is 0.328 bits per heavy atom. The van der Waals surface area contributed by atoms with Crippen LogP contribution >= 0.6 is 11.3 Å². The first-order valence-electron chi connectivity index (χ1n) is 20.9. The molecule has 0 bridgehead atoms. The molecule has 3 heteroatoms. The molecule has 2 aromatic heterocycles. The smallest absolute Gasteiger partial charge is 0.109 e. The lowest BCUT2D eigenvalue weighted by Gasteiger charge is -2.28. The van der Waals surface area contributed by atoms with Gasteiger partial charge in [-0.05, 0) is 114 Å². The molecule has 0 saturated carbocycles. The van der Waals surface area contributed by atoms with E-state index in [9.17, 15) is 0 Å². The minimum absolute atomic E-state index is 1.11. The molecule has 0 unspecified atom stereocenters. The molecule has 0 amide bonds. The van der Waals surface area contributed by atoms with Crippen LogP contribution in [0.4, 0.5) is 17.1 Å². The lowest BCUT2D eigenvalue weighted by Crippen LogP contribution is -2.11. The Hall–Kier alpha value is -7.72. The molecule has 13 rings (SSSR count). The Kier molecular flexibility index (Phi) is 7.51. The van der Waals surface area contributed by atoms with E-state index in [2.05, 4.69) is 228 Å². The molecule has 61 heavy (non-hydrogen) atoms. The lowest BCUT2D eigenvalue weighted by atomic mass is 9.91. The number of rotatable bonds is 5. The maximum atomic E-state index is 2.47. The number of thiazole rings is 1. The largest absolute Gasteiger partial charge is 0.309 e. The van der Waals surface area contributed by atoms with Gasteiger partial charge < -0.3 is 4.90 Å². The van der Waals surface area contributed by atoms with Crippen molar-refractivity contribution in [3.63, 3.8) is 0 Å². The zero-order valence-corrected chi connectivity index (χ0v) is 33.9. The van der Waals surface area contributed by atoms with Gasteiger partial charge in [0.2, 0.25) is 0 Å². The molecule has 0 aliphatic carbocycles. The highest BCUT2D eigenvalue weighted by molar-refractivity contribution is 7.24. The number of benzene rings is 11. The van der Waals surface area contributed by atoms with Crippen LogP contribution in [0.25, 0.3) is 102 Å². The summed E-state index contributed by atoms with van der Waals surface area (Å²) in [6, 6.07) is 80.5. The first kappa shape index (κ1) is 34.2. The Balaban J connectivity index is 1.01. The van der Waals surface area contributed by atoms with Crippen molar-refractivity contribution in [1.29, 1.82) is 0 Å². The van der Waals surface area contributed by atoms with E-state index in [1.54, 1.807) is 0 Å². The van der Waals surface area contributed by atoms with Crippen molar-refractivity contribution in [2.24, 2.45) is 0 Å². The van der Waals surface area contributed by atoms with Crippen LogP contribution in [0.1, 0.15) is 0 Å². The summed E-state index contributed by atoms with van der Waals surface area (Å²) in [5.41, 5.74) is 10.8. The molecule has 13 aromatic rings. The summed E-state index contributed by atoms with van der Waals surface area (Å²) in [7, 11) is 0. The van der Waals surface area contributed by atoms with Crippen molar-refractivity contribution in [2.45, 2.75) is 0 Å². The Labute approximate surface area is 356 Å². The van der Waals surface area contributed by atoms with E-state index in [0.717, 1.165) is 17.1 Å². The van der Waals surface area contributed by atoms with E-state index in [1.165, 1.54) is 102 Å².